The number of aromatic nitrogens is 1. The number of nitrogens with zero attached hydrogens (tertiary/aromatic N) is 2. The van der Waals surface area contributed by atoms with Gasteiger partial charge in [-0.25, -0.2) is 4.39 Å². The maximum Gasteiger partial charge on any atom is 0.271 e. The first-order chi connectivity index (χ1) is 16.9. The lowest BCUT2D eigenvalue weighted by Gasteiger charge is -2.44. The molecule has 3 heterocycles. The summed E-state index contributed by atoms with van der Waals surface area (Å²) in [6.07, 6.45) is 0. The Balaban J connectivity index is 1.51. The molecule has 1 unspecified atom stereocenters. The van der Waals surface area contributed by atoms with Crippen LogP contribution in [0.15, 0.2) is 66.0 Å². The van der Waals surface area contributed by atoms with Crippen LogP contribution in [0, 0.1) is 5.82 Å². The predicted molar refractivity (Wildman–Crippen MR) is 134 cm³/mol. The van der Waals surface area contributed by atoms with Crippen LogP contribution in [0.3, 0.4) is 0 Å². The van der Waals surface area contributed by atoms with Gasteiger partial charge >= 0.3 is 0 Å². The van der Waals surface area contributed by atoms with E-state index >= 15 is 0 Å². The van der Waals surface area contributed by atoms with Gasteiger partial charge in [-0.15, -0.1) is 11.3 Å². The van der Waals surface area contributed by atoms with Crippen LogP contribution in [0.25, 0.3) is 10.2 Å². The molecule has 0 aliphatic carbocycles. The minimum Gasteiger partial charge on any atom is -0.494 e. The van der Waals surface area contributed by atoms with Crippen LogP contribution >= 0.6 is 11.3 Å². The van der Waals surface area contributed by atoms with Crippen LogP contribution in [-0.2, 0) is 24.4 Å². The smallest absolute Gasteiger partial charge is 0.271 e. The van der Waals surface area contributed by atoms with E-state index in [4.69, 9.17) is 4.74 Å². The summed E-state index contributed by atoms with van der Waals surface area (Å²) in [6, 6.07) is 17.5. The van der Waals surface area contributed by atoms with Crippen LogP contribution in [0.2, 0.25) is 0 Å². The first-order valence-corrected chi connectivity index (χ1v) is 12.4. The van der Waals surface area contributed by atoms with E-state index in [1.165, 1.54) is 12.1 Å². The second-order valence-electron chi connectivity index (χ2n) is 8.81. The summed E-state index contributed by atoms with van der Waals surface area (Å²) in [7, 11) is 0. The normalized spacial score (nSPS) is 17.5. The summed E-state index contributed by atoms with van der Waals surface area (Å²) < 4.78 is 21.0. The standard InChI is InChI=1S/C27H26FN3O3S/c1-3-34-23-7-5-4-6-20(23)16-31-24(32)22-14-19-12-13-35-25(19)30(22)17-27(31,2)26(33)29-15-18-8-10-21(28)11-9-18/h4-14H,3,15-17H2,1-2H3,(H,29,33). The van der Waals surface area contributed by atoms with E-state index in [9.17, 15) is 14.0 Å². The highest BCUT2D eigenvalue weighted by atomic mass is 32.1. The Kier molecular flexibility index (Phi) is 6.06. The number of thiophene rings is 1. The van der Waals surface area contributed by atoms with Gasteiger partial charge in [0.1, 0.15) is 27.6 Å². The van der Waals surface area contributed by atoms with Crippen LogP contribution in [0.5, 0.6) is 5.75 Å². The third kappa shape index (κ3) is 4.18. The largest absolute Gasteiger partial charge is 0.494 e. The molecule has 2 amide bonds. The maximum atomic E-state index is 13.8. The Morgan fingerprint density at radius 1 is 1.17 bits per heavy atom. The van der Waals surface area contributed by atoms with Gasteiger partial charge in [0.25, 0.3) is 5.91 Å². The van der Waals surface area contributed by atoms with Crippen molar-refractivity contribution in [2.75, 3.05) is 6.61 Å². The van der Waals surface area contributed by atoms with Crippen molar-refractivity contribution in [1.82, 2.24) is 14.8 Å². The highest BCUT2D eigenvalue weighted by Crippen LogP contribution is 2.36. The number of amides is 2. The maximum absolute atomic E-state index is 13.8. The molecule has 8 heteroatoms. The molecule has 180 valence electrons. The molecule has 1 atom stereocenters. The van der Waals surface area contributed by atoms with Crippen LogP contribution in [0.1, 0.15) is 35.5 Å². The van der Waals surface area contributed by atoms with Crippen molar-refractivity contribution in [2.45, 2.75) is 39.0 Å². The van der Waals surface area contributed by atoms with Crippen molar-refractivity contribution < 1.29 is 18.7 Å². The quantitative estimate of drug-likeness (QED) is 0.397. The van der Waals surface area contributed by atoms with E-state index in [1.807, 2.05) is 53.3 Å². The first kappa shape index (κ1) is 23.1. The summed E-state index contributed by atoms with van der Waals surface area (Å²) in [6.45, 7) is 5.00. The van der Waals surface area contributed by atoms with Gasteiger partial charge in [0.05, 0.1) is 19.7 Å². The van der Waals surface area contributed by atoms with E-state index in [2.05, 4.69) is 5.32 Å². The molecule has 0 radical (unpaired) electrons. The molecular weight excluding hydrogens is 465 g/mol. The molecule has 4 aromatic rings. The molecule has 0 saturated carbocycles. The fraction of sp³-hybridized carbons (Fsp3) is 0.259. The molecule has 2 aromatic carbocycles. The number of hydrogen-bond acceptors (Lipinski definition) is 4. The lowest BCUT2D eigenvalue weighted by atomic mass is 9.93. The average Bonchev–Trinajstić information content (AvgIpc) is 3.45. The van der Waals surface area contributed by atoms with Crippen molar-refractivity contribution in [1.29, 1.82) is 0 Å². The number of ether oxygens (including phenoxy) is 1. The van der Waals surface area contributed by atoms with Gasteiger partial charge in [0, 0.05) is 17.5 Å². The highest BCUT2D eigenvalue weighted by molar-refractivity contribution is 7.16. The van der Waals surface area contributed by atoms with Crippen LogP contribution in [0.4, 0.5) is 4.39 Å². The molecule has 1 N–H and O–H groups in total. The van der Waals surface area contributed by atoms with Gasteiger partial charge in [-0.2, -0.15) is 0 Å². The molecule has 5 rings (SSSR count). The van der Waals surface area contributed by atoms with Gasteiger partial charge in [-0.1, -0.05) is 30.3 Å². The summed E-state index contributed by atoms with van der Waals surface area (Å²) in [5, 5.41) is 5.95. The molecule has 1 aliphatic rings. The Hall–Kier alpha value is -3.65. The zero-order valence-corrected chi connectivity index (χ0v) is 20.4. The van der Waals surface area contributed by atoms with Gasteiger partial charge in [-0.05, 0) is 55.1 Å². The molecule has 35 heavy (non-hydrogen) atoms. The molecular formula is C27H26FN3O3S. The fourth-order valence-electron chi connectivity index (χ4n) is 4.58. The lowest BCUT2D eigenvalue weighted by molar-refractivity contribution is -0.133. The number of para-hydroxylation sites is 1. The Morgan fingerprint density at radius 2 is 1.94 bits per heavy atom. The number of carbonyl (C=O) groups excluding carboxylic acids is 2. The molecule has 0 bridgehead atoms. The van der Waals surface area contributed by atoms with E-state index in [-0.39, 0.29) is 30.7 Å². The van der Waals surface area contributed by atoms with Crippen molar-refractivity contribution in [2.24, 2.45) is 0 Å². The van der Waals surface area contributed by atoms with E-state index in [0.29, 0.717) is 24.6 Å². The topological polar surface area (TPSA) is 63.6 Å². The summed E-state index contributed by atoms with van der Waals surface area (Å²) >= 11 is 1.55. The fourth-order valence-corrected chi connectivity index (χ4v) is 5.48. The Bertz CT molecular complexity index is 1390. The second-order valence-corrected chi connectivity index (χ2v) is 9.71. The zero-order chi connectivity index (χ0) is 24.6. The van der Waals surface area contributed by atoms with Crippen molar-refractivity contribution in [3.63, 3.8) is 0 Å². The van der Waals surface area contributed by atoms with E-state index < -0.39 is 5.54 Å². The molecule has 6 nitrogen and oxygen atoms in total. The summed E-state index contributed by atoms with van der Waals surface area (Å²) in [5.74, 6) is -0.110. The second kappa shape index (κ2) is 9.19. The molecule has 2 aromatic heterocycles. The number of rotatable bonds is 7. The Labute approximate surface area is 206 Å². The first-order valence-electron chi connectivity index (χ1n) is 11.5. The van der Waals surface area contributed by atoms with Gasteiger partial charge < -0.3 is 19.5 Å². The Morgan fingerprint density at radius 3 is 2.71 bits per heavy atom. The predicted octanol–water partition coefficient (Wildman–Crippen LogP) is 4.97. The number of carbonyl (C=O) groups is 2. The third-order valence-electron chi connectivity index (χ3n) is 6.48. The van der Waals surface area contributed by atoms with Crippen molar-refractivity contribution in [3.05, 3.63) is 88.7 Å². The zero-order valence-electron chi connectivity index (χ0n) is 19.6. The number of hydrogen-bond donors (Lipinski definition) is 1. The minimum atomic E-state index is -1.15. The number of halogens is 1. The molecule has 0 spiro atoms. The SMILES string of the molecule is CCOc1ccccc1CN1C(=O)c2cc3ccsc3n2CC1(C)C(=O)NCc1ccc(F)cc1. The molecule has 0 fully saturated rings. The van der Waals surface area contributed by atoms with Crippen molar-refractivity contribution >= 4 is 33.4 Å². The average molecular weight is 492 g/mol. The third-order valence-corrected chi connectivity index (χ3v) is 7.44. The van der Waals surface area contributed by atoms with E-state index in [0.717, 1.165) is 21.3 Å². The molecule has 1 aliphatic heterocycles. The van der Waals surface area contributed by atoms with Crippen LogP contribution < -0.4 is 10.1 Å². The van der Waals surface area contributed by atoms with Gasteiger partial charge in [0.2, 0.25) is 5.91 Å². The number of nitrogens with one attached hydrogen (secondary N) is 1. The highest BCUT2D eigenvalue weighted by Gasteiger charge is 2.48. The summed E-state index contributed by atoms with van der Waals surface area (Å²) in [4.78, 5) is 30.2. The van der Waals surface area contributed by atoms with Crippen LogP contribution in [-0.4, -0.2) is 33.4 Å². The monoisotopic (exact) mass is 491 g/mol. The number of fused-ring (bicyclic) bond motifs is 3. The minimum absolute atomic E-state index is 0.203. The van der Waals surface area contributed by atoms with Gasteiger partial charge in [-0.3, -0.25) is 9.59 Å². The number of benzene rings is 2. The van der Waals surface area contributed by atoms with Gasteiger partial charge in [0.15, 0.2) is 0 Å². The van der Waals surface area contributed by atoms with Crippen molar-refractivity contribution in [3.8, 4) is 5.75 Å². The van der Waals surface area contributed by atoms with E-state index in [1.54, 1.807) is 35.3 Å². The lowest BCUT2D eigenvalue weighted by Crippen LogP contribution is -2.63. The summed E-state index contributed by atoms with van der Waals surface area (Å²) in [5.41, 5.74) is 1.03. The molecule has 0 saturated heterocycles.